The molecule has 5 rings (SSSR count). The van der Waals surface area contributed by atoms with E-state index in [1.807, 2.05) is 18.2 Å². The number of nitrogens with one attached hydrogen (secondary N) is 1. The molecule has 0 unspecified atom stereocenters. The van der Waals surface area contributed by atoms with Crippen molar-refractivity contribution in [3.05, 3.63) is 30.3 Å². The smallest absolute Gasteiger partial charge is 0.234 e. The van der Waals surface area contributed by atoms with Gasteiger partial charge in [0.2, 0.25) is 17.6 Å². The average molecular weight is 428 g/mol. The van der Waals surface area contributed by atoms with E-state index in [1.54, 1.807) is 6.20 Å². The molecule has 1 aliphatic carbocycles. The number of aromatic nitrogens is 3. The molecule has 9 heteroatoms. The van der Waals surface area contributed by atoms with Crippen LogP contribution < -0.4 is 5.32 Å². The molecule has 2 aliphatic heterocycles. The van der Waals surface area contributed by atoms with Crippen LogP contribution in [0.15, 0.2) is 28.9 Å². The number of pyridine rings is 1. The second-order valence-electron chi connectivity index (χ2n) is 8.67. The van der Waals surface area contributed by atoms with Crippen LogP contribution >= 0.6 is 0 Å². The van der Waals surface area contributed by atoms with Gasteiger partial charge in [0.25, 0.3) is 0 Å². The maximum Gasteiger partial charge on any atom is 0.234 e. The standard InChI is InChI=1S/C22H29N5O4/c28-19(24-17-4-8-22(9-5-17)29-13-14-30-22)15-27-11-6-16(7-12-27)21-25-20(26-31-21)18-3-1-2-10-23-18/h1-3,10,16-17H,4-9,11-15H2,(H,24,28). The zero-order valence-corrected chi connectivity index (χ0v) is 17.7. The minimum absolute atomic E-state index is 0.0999. The molecule has 0 radical (unpaired) electrons. The van der Waals surface area contributed by atoms with Crippen molar-refractivity contribution >= 4 is 5.91 Å². The first kappa shape index (κ1) is 20.5. The zero-order valence-electron chi connectivity index (χ0n) is 17.7. The van der Waals surface area contributed by atoms with E-state index in [9.17, 15) is 4.79 Å². The predicted octanol–water partition coefficient (Wildman–Crippen LogP) is 2.11. The number of piperidine rings is 1. The summed E-state index contributed by atoms with van der Waals surface area (Å²) >= 11 is 0. The molecule has 3 aliphatic rings. The summed E-state index contributed by atoms with van der Waals surface area (Å²) in [6, 6.07) is 5.85. The molecule has 166 valence electrons. The highest BCUT2D eigenvalue weighted by atomic mass is 16.7. The highest BCUT2D eigenvalue weighted by Gasteiger charge is 2.40. The molecule has 2 aromatic heterocycles. The Kier molecular flexibility index (Phi) is 5.97. The van der Waals surface area contributed by atoms with Gasteiger partial charge in [-0.15, -0.1) is 0 Å². The van der Waals surface area contributed by atoms with Gasteiger partial charge in [-0.25, -0.2) is 0 Å². The Morgan fingerprint density at radius 3 is 2.61 bits per heavy atom. The van der Waals surface area contributed by atoms with Gasteiger partial charge in [0.05, 0.1) is 19.8 Å². The van der Waals surface area contributed by atoms with Gasteiger partial charge in [0.1, 0.15) is 5.69 Å². The molecule has 2 aromatic rings. The normalized spacial score (nSPS) is 22.7. The number of hydrogen-bond acceptors (Lipinski definition) is 8. The van der Waals surface area contributed by atoms with Crippen molar-refractivity contribution in [1.82, 2.24) is 25.3 Å². The SMILES string of the molecule is O=C(CN1CCC(c2nc(-c3ccccn3)no2)CC1)NC1CCC2(CC1)OCCO2. The van der Waals surface area contributed by atoms with Crippen LogP contribution in [0.4, 0.5) is 0 Å². The van der Waals surface area contributed by atoms with Crippen LogP contribution in [-0.4, -0.2) is 70.6 Å². The van der Waals surface area contributed by atoms with Crippen molar-refractivity contribution in [1.29, 1.82) is 0 Å². The summed E-state index contributed by atoms with van der Waals surface area (Å²) in [6.45, 7) is 3.48. The van der Waals surface area contributed by atoms with E-state index < -0.39 is 0 Å². The van der Waals surface area contributed by atoms with Crippen molar-refractivity contribution in [3.8, 4) is 11.5 Å². The molecular formula is C22H29N5O4. The molecule has 2 saturated heterocycles. The van der Waals surface area contributed by atoms with E-state index in [0.717, 1.165) is 51.6 Å². The van der Waals surface area contributed by atoms with Crippen LogP contribution in [0.3, 0.4) is 0 Å². The Hall–Kier alpha value is -2.36. The highest BCUT2D eigenvalue weighted by Crippen LogP contribution is 2.35. The highest BCUT2D eigenvalue weighted by molar-refractivity contribution is 5.78. The molecule has 1 N–H and O–H groups in total. The molecule has 0 atom stereocenters. The second-order valence-corrected chi connectivity index (χ2v) is 8.67. The number of hydrogen-bond donors (Lipinski definition) is 1. The van der Waals surface area contributed by atoms with E-state index in [1.165, 1.54) is 0 Å². The van der Waals surface area contributed by atoms with Crippen LogP contribution in [0.25, 0.3) is 11.5 Å². The van der Waals surface area contributed by atoms with Gasteiger partial charge < -0.3 is 19.3 Å². The second kappa shape index (κ2) is 9.02. The number of nitrogens with zero attached hydrogens (tertiary/aromatic N) is 4. The summed E-state index contributed by atoms with van der Waals surface area (Å²) in [5.41, 5.74) is 0.714. The fourth-order valence-electron chi connectivity index (χ4n) is 4.80. The van der Waals surface area contributed by atoms with E-state index in [0.29, 0.717) is 37.2 Å². The fourth-order valence-corrected chi connectivity index (χ4v) is 4.80. The van der Waals surface area contributed by atoms with Gasteiger partial charge in [-0.2, -0.15) is 4.98 Å². The van der Waals surface area contributed by atoms with E-state index in [4.69, 9.17) is 14.0 Å². The first-order valence-corrected chi connectivity index (χ1v) is 11.2. The molecule has 0 aromatic carbocycles. The fraction of sp³-hybridized carbons (Fsp3) is 0.636. The number of carbonyl (C=O) groups excluding carboxylic acids is 1. The Labute approximate surface area is 181 Å². The minimum Gasteiger partial charge on any atom is -0.352 e. The number of ether oxygens (including phenoxy) is 2. The molecule has 1 amide bonds. The van der Waals surface area contributed by atoms with E-state index in [-0.39, 0.29) is 23.7 Å². The predicted molar refractivity (Wildman–Crippen MR) is 111 cm³/mol. The molecule has 1 saturated carbocycles. The van der Waals surface area contributed by atoms with Crippen molar-refractivity contribution < 1.29 is 18.8 Å². The van der Waals surface area contributed by atoms with Gasteiger partial charge >= 0.3 is 0 Å². The minimum atomic E-state index is -0.381. The third-order valence-corrected chi connectivity index (χ3v) is 6.57. The molecular weight excluding hydrogens is 398 g/mol. The van der Waals surface area contributed by atoms with Gasteiger partial charge in [-0.3, -0.25) is 14.7 Å². The first-order chi connectivity index (χ1) is 15.2. The van der Waals surface area contributed by atoms with Crippen LogP contribution in [0, 0.1) is 0 Å². The van der Waals surface area contributed by atoms with Crippen molar-refractivity contribution in [3.63, 3.8) is 0 Å². The lowest BCUT2D eigenvalue weighted by Crippen LogP contribution is -2.47. The summed E-state index contributed by atoms with van der Waals surface area (Å²) in [4.78, 5) is 23.6. The summed E-state index contributed by atoms with van der Waals surface area (Å²) in [5.74, 6) is 1.14. The lowest BCUT2D eigenvalue weighted by molar-refractivity contribution is -0.180. The quantitative estimate of drug-likeness (QED) is 0.774. The number of rotatable bonds is 5. The van der Waals surface area contributed by atoms with Gasteiger partial charge in [-0.1, -0.05) is 11.2 Å². The molecule has 1 spiro atoms. The molecule has 31 heavy (non-hydrogen) atoms. The molecule has 4 heterocycles. The lowest BCUT2D eigenvalue weighted by Gasteiger charge is -2.36. The maximum absolute atomic E-state index is 12.5. The first-order valence-electron chi connectivity index (χ1n) is 11.2. The third kappa shape index (κ3) is 4.78. The van der Waals surface area contributed by atoms with Crippen molar-refractivity contribution in [2.45, 2.75) is 56.3 Å². The lowest BCUT2D eigenvalue weighted by atomic mass is 9.90. The van der Waals surface area contributed by atoms with Gasteiger partial charge in [0, 0.05) is 31.0 Å². The van der Waals surface area contributed by atoms with Crippen molar-refractivity contribution in [2.75, 3.05) is 32.8 Å². The number of carbonyl (C=O) groups is 1. The van der Waals surface area contributed by atoms with Crippen LogP contribution in [-0.2, 0) is 14.3 Å². The molecule has 9 nitrogen and oxygen atoms in total. The largest absolute Gasteiger partial charge is 0.352 e. The van der Waals surface area contributed by atoms with Gasteiger partial charge in [-0.05, 0) is 50.9 Å². The molecule has 0 bridgehead atoms. The zero-order chi connectivity index (χ0) is 21.1. The van der Waals surface area contributed by atoms with Crippen LogP contribution in [0.2, 0.25) is 0 Å². The van der Waals surface area contributed by atoms with E-state index in [2.05, 4.69) is 25.3 Å². The maximum atomic E-state index is 12.5. The molecule has 3 fully saturated rings. The van der Waals surface area contributed by atoms with Crippen molar-refractivity contribution in [2.24, 2.45) is 0 Å². The Morgan fingerprint density at radius 1 is 1.13 bits per heavy atom. The monoisotopic (exact) mass is 427 g/mol. The Morgan fingerprint density at radius 2 is 1.90 bits per heavy atom. The summed E-state index contributed by atoms with van der Waals surface area (Å²) in [6.07, 6.45) is 7.04. The van der Waals surface area contributed by atoms with Crippen LogP contribution in [0.5, 0.6) is 0 Å². The number of amides is 1. The van der Waals surface area contributed by atoms with Crippen LogP contribution in [0.1, 0.15) is 50.3 Å². The topological polar surface area (TPSA) is 103 Å². The Balaban J connectivity index is 1.06. The van der Waals surface area contributed by atoms with E-state index >= 15 is 0 Å². The Bertz CT molecular complexity index is 865. The summed E-state index contributed by atoms with van der Waals surface area (Å²) in [7, 11) is 0. The number of likely N-dealkylation sites (tertiary alicyclic amines) is 1. The third-order valence-electron chi connectivity index (χ3n) is 6.57. The van der Waals surface area contributed by atoms with Gasteiger partial charge in [0.15, 0.2) is 5.79 Å². The summed E-state index contributed by atoms with van der Waals surface area (Å²) < 4.78 is 17.0. The summed E-state index contributed by atoms with van der Waals surface area (Å²) in [5, 5.41) is 7.27. The average Bonchev–Trinajstić information content (AvgIpc) is 3.47.